The molecule has 1 aromatic carbocycles. The molecule has 0 aliphatic heterocycles. The Morgan fingerprint density at radius 2 is 2.00 bits per heavy atom. The predicted octanol–water partition coefficient (Wildman–Crippen LogP) is 2.61. The highest BCUT2D eigenvalue weighted by Crippen LogP contribution is 2.09. The van der Waals surface area contributed by atoms with Crippen molar-refractivity contribution in [2.75, 3.05) is 19.0 Å². The van der Waals surface area contributed by atoms with Gasteiger partial charge in [-0.15, -0.1) is 0 Å². The second-order valence-electron chi connectivity index (χ2n) is 3.66. The number of hydrogen-bond acceptors (Lipinski definition) is 3. The van der Waals surface area contributed by atoms with E-state index in [-0.39, 0.29) is 5.97 Å². The number of anilines is 1. The zero-order valence-electron chi connectivity index (χ0n) is 9.95. The number of carbonyl (C=O) groups is 1. The van der Waals surface area contributed by atoms with Crippen molar-refractivity contribution in [2.24, 2.45) is 0 Å². The fourth-order valence-corrected chi connectivity index (χ4v) is 1.43. The van der Waals surface area contributed by atoms with Gasteiger partial charge in [0.2, 0.25) is 0 Å². The summed E-state index contributed by atoms with van der Waals surface area (Å²) in [5.41, 5.74) is 2.43. The Hall–Kier alpha value is -1.51. The molecule has 3 nitrogen and oxygen atoms in total. The summed E-state index contributed by atoms with van der Waals surface area (Å²) in [6.45, 7) is 2.93. The number of methoxy groups -OCH3 is 1. The number of ether oxygens (including phenoxy) is 1. The van der Waals surface area contributed by atoms with E-state index in [9.17, 15) is 4.79 Å². The lowest BCUT2D eigenvalue weighted by atomic mass is 10.1. The Labute approximate surface area is 96.8 Å². The van der Waals surface area contributed by atoms with Crippen molar-refractivity contribution in [1.82, 2.24) is 0 Å². The van der Waals surface area contributed by atoms with Crippen LogP contribution in [0, 0.1) is 0 Å². The summed E-state index contributed by atoms with van der Waals surface area (Å²) in [6.07, 6.45) is 2.32. The molecular formula is C13H19NO2. The largest absolute Gasteiger partial charge is 0.469 e. The fourth-order valence-electron chi connectivity index (χ4n) is 1.43. The van der Waals surface area contributed by atoms with Gasteiger partial charge in [0, 0.05) is 18.7 Å². The zero-order valence-corrected chi connectivity index (χ0v) is 9.95. The third-order valence-electron chi connectivity index (χ3n) is 2.48. The molecule has 1 rings (SSSR count). The molecule has 0 amide bonds. The molecule has 0 bridgehead atoms. The molecule has 16 heavy (non-hydrogen) atoms. The highest BCUT2D eigenvalue weighted by molar-refractivity contribution is 5.69. The highest BCUT2D eigenvalue weighted by atomic mass is 16.5. The van der Waals surface area contributed by atoms with Crippen LogP contribution < -0.4 is 5.32 Å². The summed E-state index contributed by atoms with van der Waals surface area (Å²) in [5, 5.41) is 3.27. The van der Waals surface area contributed by atoms with Gasteiger partial charge in [-0.1, -0.05) is 19.1 Å². The molecule has 0 aliphatic carbocycles. The van der Waals surface area contributed by atoms with Crippen LogP contribution in [0.25, 0.3) is 0 Å². The maximum absolute atomic E-state index is 10.9. The first kappa shape index (κ1) is 12.6. The van der Waals surface area contributed by atoms with Crippen LogP contribution in [-0.4, -0.2) is 19.6 Å². The van der Waals surface area contributed by atoms with Crippen LogP contribution in [0.5, 0.6) is 0 Å². The molecule has 3 heteroatoms. The van der Waals surface area contributed by atoms with Crippen LogP contribution in [0.3, 0.4) is 0 Å². The third-order valence-corrected chi connectivity index (χ3v) is 2.48. The number of carbonyl (C=O) groups excluding carboxylic acids is 1. The van der Waals surface area contributed by atoms with E-state index >= 15 is 0 Å². The van der Waals surface area contributed by atoms with Crippen molar-refractivity contribution < 1.29 is 9.53 Å². The summed E-state index contributed by atoms with van der Waals surface area (Å²) in [7, 11) is 1.42. The van der Waals surface area contributed by atoms with Gasteiger partial charge in [-0.3, -0.25) is 4.79 Å². The van der Waals surface area contributed by atoms with Gasteiger partial charge in [0.15, 0.2) is 0 Å². The van der Waals surface area contributed by atoms with Gasteiger partial charge in [0.05, 0.1) is 7.11 Å². The lowest BCUT2D eigenvalue weighted by Crippen LogP contribution is -2.06. The van der Waals surface area contributed by atoms with E-state index in [0.717, 1.165) is 25.1 Å². The number of rotatable bonds is 6. The van der Waals surface area contributed by atoms with Crippen LogP contribution >= 0.6 is 0 Å². The van der Waals surface area contributed by atoms with Crippen LogP contribution in [-0.2, 0) is 16.0 Å². The maximum Gasteiger partial charge on any atom is 0.305 e. The Balaban J connectivity index is 2.24. The molecule has 1 aromatic rings. The first-order valence-electron chi connectivity index (χ1n) is 5.66. The summed E-state index contributed by atoms with van der Waals surface area (Å²) in [4.78, 5) is 10.9. The number of hydrogen-bond donors (Lipinski definition) is 1. The second-order valence-corrected chi connectivity index (χ2v) is 3.66. The molecule has 0 radical (unpaired) electrons. The molecule has 0 saturated heterocycles. The van der Waals surface area contributed by atoms with Gasteiger partial charge in [0.1, 0.15) is 0 Å². The van der Waals surface area contributed by atoms with Crippen molar-refractivity contribution in [3.05, 3.63) is 29.8 Å². The molecule has 0 aromatic heterocycles. The monoisotopic (exact) mass is 221 g/mol. The minimum absolute atomic E-state index is 0.150. The van der Waals surface area contributed by atoms with Gasteiger partial charge in [-0.25, -0.2) is 0 Å². The quantitative estimate of drug-likeness (QED) is 0.592. The van der Waals surface area contributed by atoms with Crippen LogP contribution in [0.1, 0.15) is 25.3 Å². The number of nitrogens with one attached hydrogen (secondary N) is 1. The first-order chi connectivity index (χ1) is 7.76. The van der Waals surface area contributed by atoms with Gasteiger partial charge in [0.25, 0.3) is 0 Å². The van der Waals surface area contributed by atoms with Crippen LogP contribution in [0.2, 0.25) is 0 Å². The standard InChI is InChI=1S/C13H19NO2/c1-3-11-6-8-12(9-7-11)14-10-4-5-13(15)16-2/h6-9,14H,3-5,10H2,1-2H3. The molecule has 0 fully saturated rings. The van der Waals surface area contributed by atoms with Crippen molar-refractivity contribution in [3.63, 3.8) is 0 Å². The average Bonchev–Trinajstić information content (AvgIpc) is 2.35. The van der Waals surface area contributed by atoms with Crippen molar-refractivity contribution in [3.8, 4) is 0 Å². The average molecular weight is 221 g/mol. The van der Waals surface area contributed by atoms with Gasteiger partial charge in [-0.2, -0.15) is 0 Å². The molecule has 1 N–H and O–H groups in total. The summed E-state index contributed by atoms with van der Waals surface area (Å²) < 4.78 is 4.57. The van der Waals surface area contributed by atoms with Crippen LogP contribution in [0.4, 0.5) is 5.69 Å². The number of esters is 1. The fraction of sp³-hybridized carbons (Fsp3) is 0.462. The van der Waals surface area contributed by atoms with E-state index in [0.29, 0.717) is 6.42 Å². The molecule has 0 aliphatic rings. The Kier molecular flexibility index (Phi) is 5.40. The van der Waals surface area contributed by atoms with E-state index in [1.165, 1.54) is 12.7 Å². The van der Waals surface area contributed by atoms with E-state index in [1.807, 2.05) is 0 Å². The predicted molar refractivity (Wildman–Crippen MR) is 65.6 cm³/mol. The molecule has 0 saturated carbocycles. The van der Waals surface area contributed by atoms with Crippen molar-refractivity contribution in [2.45, 2.75) is 26.2 Å². The van der Waals surface area contributed by atoms with Gasteiger partial charge < -0.3 is 10.1 Å². The second kappa shape index (κ2) is 6.88. The molecule has 88 valence electrons. The van der Waals surface area contributed by atoms with E-state index in [2.05, 4.69) is 41.2 Å². The normalized spacial score (nSPS) is 9.88. The van der Waals surface area contributed by atoms with Gasteiger partial charge in [-0.05, 0) is 30.5 Å². The topological polar surface area (TPSA) is 38.3 Å². The third kappa shape index (κ3) is 4.34. The molecule has 0 atom stereocenters. The number of benzene rings is 1. The summed E-state index contributed by atoms with van der Waals surface area (Å²) in [6, 6.07) is 8.36. The van der Waals surface area contributed by atoms with Gasteiger partial charge >= 0.3 is 5.97 Å². The van der Waals surface area contributed by atoms with E-state index in [4.69, 9.17) is 0 Å². The summed E-state index contributed by atoms with van der Waals surface area (Å²) >= 11 is 0. The summed E-state index contributed by atoms with van der Waals surface area (Å²) in [5.74, 6) is -0.150. The molecular weight excluding hydrogens is 202 g/mol. The minimum Gasteiger partial charge on any atom is -0.469 e. The van der Waals surface area contributed by atoms with E-state index < -0.39 is 0 Å². The Morgan fingerprint density at radius 1 is 1.31 bits per heavy atom. The molecule has 0 heterocycles. The van der Waals surface area contributed by atoms with Crippen LogP contribution in [0.15, 0.2) is 24.3 Å². The van der Waals surface area contributed by atoms with E-state index in [1.54, 1.807) is 0 Å². The van der Waals surface area contributed by atoms with Crippen molar-refractivity contribution in [1.29, 1.82) is 0 Å². The molecule has 0 spiro atoms. The lowest BCUT2D eigenvalue weighted by Gasteiger charge is -2.06. The van der Waals surface area contributed by atoms with Crippen molar-refractivity contribution >= 4 is 11.7 Å². The SMILES string of the molecule is CCc1ccc(NCCCC(=O)OC)cc1. The molecule has 0 unspecified atom stereocenters. The first-order valence-corrected chi connectivity index (χ1v) is 5.66. The Morgan fingerprint density at radius 3 is 2.56 bits per heavy atom. The zero-order chi connectivity index (χ0) is 11.8. The Bertz CT molecular complexity index is 319. The maximum atomic E-state index is 10.9. The number of aryl methyl sites for hydroxylation is 1. The highest BCUT2D eigenvalue weighted by Gasteiger charge is 1.99. The minimum atomic E-state index is -0.150. The lowest BCUT2D eigenvalue weighted by molar-refractivity contribution is -0.140. The smallest absolute Gasteiger partial charge is 0.305 e.